The first-order valence-corrected chi connectivity index (χ1v) is 10.9. The summed E-state index contributed by atoms with van der Waals surface area (Å²) >= 11 is 6.41. The number of hydrogen-bond acceptors (Lipinski definition) is 5. The number of halogens is 1. The molecular formula is C22H30ClN5O2. The number of guanidine groups is 1. The molecule has 0 bridgehead atoms. The zero-order valence-electron chi connectivity index (χ0n) is 18.0. The summed E-state index contributed by atoms with van der Waals surface area (Å²) in [7, 11) is 1.67. The third-order valence-corrected chi connectivity index (χ3v) is 6.75. The first-order chi connectivity index (χ1) is 14.1. The van der Waals surface area contributed by atoms with E-state index < -0.39 is 18.2 Å². The van der Waals surface area contributed by atoms with Crippen molar-refractivity contribution in [3.8, 4) is 0 Å². The van der Waals surface area contributed by atoms with Gasteiger partial charge < -0.3 is 15.1 Å². The molecule has 0 aromatic heterocycles. The van der Waals surface area contributed by atoms with E-state index in [4.69, 9.17) is 16.6 Å². The normalized spacial score (nSPS) is 30.6. The minimum atomic E-state index is -0.583. The Bertz CT molecular complexity index is 886. The minimum absolute atomic E-state index is 0.249. The molecule has 8 heteroatoms. The van der Waals surface area contributed by atoms with Gasteiger partial charge in [0.05, 0.1) is 0 Å². The summed E-state index contributed by atoms with van der Waals surface area (Å²) in [6, 6.07) is 6.88. The van der Waals surface area contributed by atoms with Gasteiger partial charge in [0.15, 0.2) is 18.2 Å². The van der Waals surface area contributed by atoms with E-state index in [9.17, 15) is 9.59 Å². The molecule has 0 radical (unpaired) electrons. The smallest absolute Gasteiger partial charge is 0.325 e. The van der Waals surface area contributed by atoms with E-state index >= 15 is 0 Å². The molecule has 1 aromatic rings. The second kappa shape index (κ2) is 7.76. The largest absolute Gasteiger partial charge is 0.353 e. The predicted octanol–water partition coefficient (Wildman–Crippen LogP) is 3.19. The number of rotatable bonds is 3. The minimum Gasteiger partial charge on any atom is -0.353 e. The van der Waals surface area contributed by atoms with E-state index in [-0.39, 0.29) is 17.4 Å². The van der Waals surface area contributed by atoms with Crippen molar-refractivity contribution in [3.05, 3.63) is 34.9 Å². The van der Waals surface area contributed by atoms with Crippen molar-refractivity contribution < 1.29 is 9.59 Å². The van der Waals surface area contributed by atoms with Crippen LogP contribution in [0.5, 0.6) is 0 Å². The number of carbonyl (C=O) groups is 2. The molecule has 2 fully saturated rings. The van der Waals surface area contributed by atoms with E-state index in [1.165, 1.54) is 11.3 Å². The molecule has 7 nitrogen and oxygen atoms in total. The number of carbonyl (C=O) groups excluding carboxylic acids is 2. The lowest BCUT2D eigenvalue weighted by Gasteiger charge is -2.41. The maximum Gasteiger partial charge on any atom is 0.325 e. The summed E-state index contributed by atoms with van der Waals surface area (Å²) in [4.78, 5) is 33.2. The van der Waals surface area contributed by atoms with Gasteiger partial charge in [0.1, 0.15) is 0 Å². The summed E-state index contributed by atoms with van der Waals surface area (Å²) in [5, 5.41) is 6.71. The summed E-state index contributed by atoms with van der Waals surface area (Å²) < 4.78 is 0. The van der Waals surface area contributed by atoms with Gasteiger partial charge in [-0.15, -0.1) is 0 Å². The van der Waals surface area contributed by atoms with E-state index in [1.54, 1.807) is 7.05 Å². The highest BCUT2D eigenvalue weighted by atomic mass is 35.5. The molecule has 1 aliphatic carbocycles. The summed E-state index contributed by atoms with van der Waals surface area (Å²) in [6.07, 6.45) is 2.74. The molecule has 4 unspecified atom stereocenters. The number of fused-ring (bicyclic) bond motifs is 1. The Morgan fingerprint density at radius 3 is 2.70 bits per heavy atom. The topological polar surface area (TPSA) is 77.0 Å². The standard InChI is InChI=1S/C22H30ClN5O2/c1-13-9-15(11-22(2,3)10-13)24-20-25-18-17(19(29)26-21(30)27(18)4)28(20)12-14-7-5-6-8-16(14)23/h5-8,13,15,17-18H,9-12H2,1-4H3,(H,24,25)(H,26,29,30). The number of imide groups is 1. The fourth-order valence-electron chi connectivity index (χ4n) is 5.27. The van der Waals surface area contributed by atoms with E-state index in [0.29, 0.717) is 23.4 Å². The van der Waals surface area contributed by atoms with Gasteiger partial charge in [-0.05, 0) is 42.2 Å². The Hall–Kier alpha value is -2.28. The van der Waals surface area contributed by atoms with Crippen LogP contribution in [0.2, 0.25) is 5.02 Å². The number of benzene rings is 1. The van der Waals surface area contributed by atoms with Crippen molar-refractivity contribution in [2.45, 2.75) is 64.8 Å². The number of hydrogen-bond donors (Lipinski definition) is 2. The molecule has 2 N–H and O–H groups in total. The molecule has 3 aliphatic rings. The molecule has 1 saturated heterocycles. The second-order valence-corrected chi connectivity index (χ2v) is 10.1. The summed E-state index contributed by atoms with van der Waals surface area (Å²) in [6.45, 7) is 7.32. The highest BCUT2D eigenvalue weighted by molar-refractivity contribution is 6.31. The zero-order chi connectivity index (χ0) is 21.6. The van der Waals surface area contributed by atoms with Gasteiger partial charge in [-0.2, -0.15) is 0 Å². The van der Waals surface area contributed by atoms with Crippen LogP contribution in [0.1, 0.15) is 45.6 Å². The monoisotopic (exact) mass is 431 g/mol. The van der Waals surface area contributed by atoms with Crippen LogP contribution in [-0.2, 0) is 11.3 Å². The molecule has 0 spiro atoms. The SMILES string of the molecule is CC1CC(NC2=NC3C(C(=O)NC(=O)N3C)N2Cc2ccccc2Cl)CC(C)(C)C1. The number of aliphatic imine (C=N–C) groups is 1. The Morgan fingerprint density at radius 1 is 1.27 bits per heavy atom. The van der Waals surface area contributed by atoms with Gasteiger partial charge in [-0.1, -0.05) is 50.6 Å². The highest BCUT2D eigenvalue weighted by Crippen LogP contribution is 2.39. The van der Waals surface area contributed by atoms with Crippen molar-refractivity contribution in [2.75, 3.05) is 7.05 Å². The van der Waals surface area contributed by atoms with Crippen LogP contribution >= 0.6 is 11.6 Å². The zero-order valence-corrected chi connectivity index (χ0v) is 18.7. The first-order valence-electron chi connectivity index (χ1n) is 10.6. The molecular weight excluding hydrogens is 402 g/mol. The number of nitrogens with zero attached hydrogens (tertiary/aromatic N) is 3. The van der Waals surface area contributed by atoms with Crippen molar-refractivity contribution in [2.24, 2.45) is 16.3 Å². The van der Waals surface area contributed by atoms with Gasteiger partial charge in [0.25, 0.3) is 5.91 Å². The predicted molar refractivity (Wildman–Crippen MR) is 117 cm³/mol. The Labute approximate surface area is 182 Å². The van der Waals surface area contributed by atoms with Gasteiger partial charge >= 0.3 is 6.03 Å². The number of amides is 3. The Morgan fingerprint density at radius 2 is 2.00 bits per heavy atom. The first kappa shape index (κ1) is 21.0. The van der Waals surface area contributed by atoms with E-state index in [1.807, 2.05) is 29.2 Å². The quantitative estimate of drug-likeness (QED) is 0.770. The highest BCUT2D eigenvalue weighted by Gasteiger charge is 2.49. The average molecular weight is 432 g/mol. The second-order valence-electron chi connectivity index (χ2n) is 9.69. The van der Waals surface area contributed by atoms with Crippen LogP contribution in [0.15, 0.2) is 29.3 Å². The van der Waals surface area contributed by atoms with E-state index in [0.717, 1.165) is 18.4 Å². The average Bonchev–Trinajstić information content (AvgIpc) is 2.98. The maximum atomic E-state index is 12.8. The van der Waals surface area contributed by atoms with Gasteiger partial charge in [0, 0.05) is 24.7 Å². The van der Waals surface area contributed by atoms with Gasteiger partial charge in [-0.25, -0.2) is 9.79 Å². The molecule has 1 aromatic carbocycles. The van der Waals surface area contributed by atoms with Crippen LogP contribution in [0, 0.1) is 11.3 Å². The van der Waals surface area contributed by atoms with Gasteiger partial charge in [-0.3, -0.25) is 10.1 Å². The van der Waals surface area contributed by atoms with Crippen LogP contribution in [0.3, 0.4) is 0 Å². The third-order valence-electron chi connectivity index (χ3n) is 6.38. The summed E-state index contributed by atoms with van der Waals surface area (Å²) in [5.41, 5.74) is 1.16. The molecule has 162 valence electrons. The fourth-order valence-corrected chi connectivity index (χ4v) is 5.46. The molecule has 1 saturated carbocycles. The molecule has 4 atom stereocenters. The van der Waals surface area contributed by atoms with Crippen molar-refractivity contribution in [3.63, 3.8) is 0 Å². The van der Waals surface area contributed by atoms with Crippen LogP contribution in [-0.4, -0.2) is 53.0 Å². The molecule has 30 heavy (non-hydrogen) atoms. The van der Waals surface area contributed by atoms with E-state index in [2.05, 4.69) is 31.4 Å². The third kappa shape index (κ3) is 4.00. The van der Waals surface area contributed by atoms with Crippen LogP contribution < -0.4 is 10.6 Å². The van der Waals surface area contributed by atoms with Gasteiger partial charge in [0.2, 0.25) is 0 Å². The van der Waals surface area contributed by atoms with Crippen molar-refractivity contribution >= 4 is 29.5 Å². The molecule has 3 amide bonds. The molecule has 2 heterocycles. The van der Waals surface area contributed by atoms with Crippen LogP contribution in [0.4, 0.5) is 4.79 Å². The lowest BCUT2D eigenvalue weighted by atomic mass is 9.70. The lowest BCUT2D eigenvalue weighted by Crippen LogP contribution is -2.64. The number of likely N-dealkylation sites (N-methyl/N-ethyl adjacent to an activating group) is 1. The lowest BCUT2D eigenvalue weighted by molar-refractivity contribution is -0.127. The molecule has 2 aliphatic heterocycles. The number of nitrogens with one attached hydrogen (secondary N) is 2. The maximum absolute atomic E-state index is 12.8. The Kier molecular flexibility index (Phi) is 5.43. The van der Waals surface area contributed by atoms with Crippen LogP contribution in [0.25, 0.3) is 0 Å². The van der Waals surface area contributed by atoms with Crippen molar-refractivity contribution in [1.29, 1.82) is 0 Å². The van der Waals surface area contributed by atoms with Crippen molar-refractivity contribution in [1.82, 2.24) is 20.4 Å². The molecule has 4 rings (SSSR count). The number of urea groups is 1. The summed E-state index contributed by atoms with van der Waals surface area (Å²) in [5.74, 6) is 0.949. The Balaban J connectivity index is 1.64. The fraction of sp³-hybridized carbons (Fsp3) is 0.591.